The minimum Gasteiger partial charge on any atom is -0.394 e. The van der Waals surface area contributed by atoms with Crippen LogP contribution in [0, 0.1) is 50.7 Å². The van der Waals surface area contributed by atoms with Crippen LogP contribution in [-0.4, -0.2) is 134 Å². The fraction of sp³-hybridized carbons (Fsp3) is 1.00. The highest BCUT2D eigenvalue weighted by molar-refractivity contribution is 5.33. The minimum absolute atomic E-state index is 0.00209. The van der Waals surface area contributed by atoms with Crippen molar-refractivity contribution in [3.63, 3.8) is 0 Å². The van der Waals surface area contributed by atoms with Crippen LogP contribution in [0.15, 0.2) is 0 Å². The van der Waals surface area contributed by atoms with Gasteiger partial charge in [0.25, 0.3) is 0 Å². The SMILES string of the molecule is C[C@@H]1C[C@H](O)O[C@@H]2C[C@@]3(C)[C@@H]4[C@H](O[C@H]5O[C@@H](CO)[C@H](O)[C@@H](O)[C@@H]5O)C[C@@H]5C(C)(C)[C@H](O[C@@H]6OC[C@@H](O)[C@H](O)[C@H]6O)CC[C@@]56C[C@@]46CC[C@@]3(C)[C@H]12. The molecular formula is C37H60O13. The highest BCUT2D eigenvalue weighted by atomic mass is 16.7. The van der Waals surface area contributed by atoms with Crippen LogP contribution >= 0.6 is 0 Å². The lowest BCUT2D eigenvalue weighted by atomic mass is 9.41. The molecule has 5 aliphatic carbocycles. The maximum atomic E-state index is 11.2. The predicted molar refractivity (Wildman–Crippen MR) is 174 cm³/mol. The van der Waals surface area contributed by atoms with E-state index in [2.05, 4.69) is 34.6 Å². The molecule has 50 heavy (non-hydrogen) atoms. The molecule has 8 fully saturated rings. The summed E-state index contributed by atoms with van der Waals surface area (Å²) in [4.78, 5) is 0. The predicted octanol–water partition coefficient (Wildman–Crippen LogP) is 0.398. The first-order valence-corrected chi connectivity index (χ1v) is 19.1. The van der Waals surface area contributed by atoms with Crippen molar-refractivity contribution in [1.29, 1.82) is 0 Å². The fourth-order valence-corrected chi connectivity index (χ4v) is 14.0. The second-order valence-corrected chi connectivity index (χ2v) is 18.8. The number of fused-ring (bicyclic) bond motifs is 4. The van der Waals surface area contributed by atoms with E-state index in [1.165, 1.54) is 0 Å². The van der Waals surface area contributed by atoms with E-state index in [4.69, 9.17) is 23.7 Å². The third-order valence-corrected chi connectivity index (χ3v) is 16.5. The van der Waals surface area contributed by atoms with Gasteiger partial charge in [-0.1, -0.05) is 34.6 Å². The number of hydrogen-bond donors (Lipinski definition) is 8. The van der Waals surface area contributed by atoms with Gasteiger partial charge in [0.1, 0.15) is 42.7 Å². The van der Waals surface area contributed by atoms with Crippen LogP contribution in [0.5, 0.6) is 0 Å². The topological polar surface area (TPSA) is 208 Å². The largest absolute Gasteiger partial charge is 0.394 e. The summed E-state index contributed by atoms with van der Waals surface area (Å²) in [6, 6.07) is 0. The summed E-state index contributed by atoms with van der Waals surface area (Å²) in [5, 5.41) is 84.3. The number of hydrogen-bond acceptors (Lipinski definition) is 13. The Hall–Kier alpha value is -0.520. The fourth-order valence-electron chi connectivity index (χ4n) is 14.0. The Kier molecular flexibility index (Phi) is 8.74. The van der Waals surface area contributed by atoms with E-state index >= 15 is 0 Å². The lowest BCUT2D eigenvalue weighted by Gasteiger charge is -2.65. The molecule has 8 rings (SSSR count). The van der Waals surface area contributed by atoms with Gasteiger partial charge in [-0.05, 0) is 95.7 Å². The number of rotatable bonds is 5. The number of ether oxygens (including phenoxy) is 5. The van der Waals surface area contributed by atoms with Crippen LogP contribution in [0.1, 0.15) is 86.0 Å². The normalized spacial score (nSPS) is 61.3. The summed E-state index contributed by atoms with van der Waals surface area (Å²) in [6.45, 7) is 10.7. The first kappa shape index (κ1) is 36.5. The zero-order valence-corrected chi connectivity index (χ0v) is 30.0. The van der Waals surface area contributed by atoms with Crippen LogP contribution in [0.3, 0.4) is 0 Å². The molecule has 8 aliphatic rings. The molecule has 286 valence electrons. The third-order valence-electron chi connectivity index (χ3n) is 16.5. The van der Waals surface area contributed by atoms with Crippen molar-refractivity contribution < 1.29 is 64.5 Å². The Balaban J connectivity index is 1.16. The van der Waals surface area contributed by atoms with Crippen LogP contribution in [0.25, 0.3) is 0 Å². The smallest absolute Gasteiger partial charge is 0.186 e. The lowest BCUT2D eigenvalue weighted by molar-refractivity contribution is -0.335. The minimum atomic E-state index is -1.56. The Morgan fingerprint density at radius 2 is 1.46 bits per heavy atom. The molecular weight excluding hydrogens is 652 g/mol. The Morgan fingerprint density at radius 3 is 2.18 bits per heavy atom. The number of aliphatic hydroxyl groups excluding tert-OH is 8. The molecule has 5 saturated carbocycles. The molecule has 2 spiro atoms. The molecule has 0 amide bonds. The van der Waals surface area contributed by atoms with Gasteiger partial charge in [0.05, 0.1) is 31.5 Å². The van der Waals surface area contributed by atoms with E-state index in [1.807, 2.05) is 0 Å². The number of aliphatic hydroxyl groups is 8. The van der Waals surface area contributed by atoms with E-state index in [1.54, 1.807) is 0 Å². The van der Waals surface area contributed by atoms with Gasteiger partial charge in [-0.2, -0.15) is 0 Å². The molecule has 8 N–H and O–H groups in total. The van der Waals surface area contributed by atoms with Crippen LogP contribution in [0.4, 0.5) is 0 Å². The van der Waals surface area contributed by atoms with Crippen LogP contribution < -0.4 is 0 Å². The standard InChI is InChI=1S/C37H60O13/c1-16-10-23(40)47-19-12-35(5)30-18(48-32-29(45)27(43)26(42)20(13-38)49-32)11-21-33(2,3)22(50-31-28(44)25(41)17(39)14-46-31)6-7-36(21)15-37(30,36)9-8-34(35,4)24(16)19/h16-32,38-45H,6-15H2,1-5H3/t16-,17-,18-,19-,20+,21-,22-,23-,24-,25+,26+,27-,28-,29+,30+,31+,32+,34+,35+,36-,37+/m1/s1. The molecule has 3 aliphatic heterocycles. The van der Waals surface area contributed by atoms with Crippen molar-refractivity contribution >= 4 is 0 Å². The summed E-state index contributed by atoms with van der Waals surface area (Å²) in [5.74, 6) is 0.696. The molecule has 13 nitrogen and oxygen atoms in total. The molecule has 0 radical (unpaired) electrons. The van der Waals surface area contributed by atoms with Gasteiger partial charge in [0.15, 0.2) is 18.9 Å². The van der Waals surface area contributed by atoms with Crippen molar-refractivity contribution in [2.24, 2.45) is 50.7 Å². The molecule has 0 bridgehead atoms. The van der Waals surface area contributed by atoms with Gasteiger partial charge >= 0.3 is 0 Å². The summed E-state index contributed by atoms with van der Waals surface area (Å²) in [7, 11) is 0. The molecule has 0 aromatic carbocycles. The summed E-state index contributed by atoms with van der Waals surface area (Å²) in [6.07, 6.45) is -6.88. The highest BCUT2D eigenvalue weighted by Crippen LogP contribution is 2.89. The van der Waals surface area contributed by atoms with E-state index in [-0.39, 0.29) is 64.1 Å². The molecule has 0 aromatic rings. The second-order valence-electron chi connectivity index (χ2n) is 18.8. The molecule has 21 atom stereocenters. The average Bonchev–Trinajstić information content (AvgIpc) is 3.64. The molecule has 3 heterocycles. The van der Waals surface area contributed by atoms with Gasteiger partial charge in [-0.3, -0.25) is 0 Å². The summed E-state index contributed by atoms with van der Waals surface area (Å²) >= 11 is 0. The third kappa shape index (κ3) is 4.78. The maximum Gasteiger partial charge on any atom is 0.186 e. The quantitative estimate of drug-likeness (QED) is 0.182. The first-order valence-electron chi connectivity index (χ1n) is 19.1. The highest BCUT2D eigenvalue weighted by Gasteiger charge is 2.85. The van der Waals surface area contributed by atoms with Gasteiger partial charge in [-0.25, -0.2) is 0 Å². The van der Waals surface area contributed by atoms with Crippen molar-refractivity contribution in [1.82, 2.24) is 0 Å². The maximum absolute atomic E-state index is 11.2. The van der Waals surface area contributed by atoms with Crippen LogP contribution in [0.2, 0.25) is 0 Å². The zero-order chi connectivity index (χ0) is 35.9. The molecule has 3 saturated heterocycles. The monoisotopic (exact) mass is 712 g/mol. The Labute approximate surface area is 294 Å². The second kappa shape index (κ2) is 12.0. The summed E-state index contributed by atoms with van der Waals surface area (Å²) < 4.78 is 31.4. The molecule has 0 unspecified atom stereocenters. The molecule has 0 aromatic heterocycles. The van der Waals surface area contributed by atoms with Crippen molar-refractivity contribution in [2.75, 3.05) is 13.2 Å². The van der Waals surface area contributed by atoms with Gasteiger partial charge in [-0.15, -0.1) is 0 Å². The van der Waals surface area contributed by atoms with Crippen molar-refractivity contribution in [3.05, 3.63) is 0 Å². The van der Waals surface area contributed by atoms with Gasteiger partial charge in [0.2, 0.25) is 0 Å². The van der Waals surface area contributed by atoms with Crippen molar-refractivity contribution in [2.45, 2.75) is 166 Å². The Morgan fingerprint density at radius 1 is 0.740 bits per heavy atom. The van der Waals surface area contributed by atoms with Gasteiger partial charge in [0, 0.05) is 6.42 Å². The molecule has 13 heteroatoms. The average molecular weight is 713 g/mol. The summed E-state index contributed by atoms with van der Waals surface area (Å²) in [5.41, 5.74) is -0.859. The zero-order valence-electron chi connectivity index (χ0n) is 30.0. The lowest BCUT2D eigenvalue weighted by Crippen LogP contribution is -2.65. The van der Waals surface area contributed by atoms with E-state index < -0.39 is 79.7 Å². The van der Waals surface area contributed by atoms with E-state index in [9.17, 15) is 40.9 Å². The van der Waals surface area contributed by atoms with Crippen molar-refractivity contribution in [3.8, 4) is 0 Å². The van der Waals surface area contributed by atoms with E-state index in [0.717, 1.165) is 38.5 Å². The van der Waals surface area contributed by atoms with Crippen LogP contribution in [-0.2, 0) is 23.7 Å². The Bertz CT molecular complexity index is 1300. The van der Waals surface area contributed by atoms with Gasteiger partial charge < -0.3 is 64.5 Å². The van der Waals surface area contributed by atoms with E-state index in [0.29, 0.717) is 12.8 Å². The first-order chi connectivity index (χ1) is 23.5.